The predicted molar refractivity (Wildman–Crippen MR) is 83.4 cm³/mol. The van der Waals surface area contributed by atoms with Crippen LogP contribution in [-0.2, 0) is 0 Å². The van der Waals surface area contributed by atoms with Gasteiger partial charge in [-0.2, -0.15) is 0 Å². The molecule has 0 bridgehead atoms. The minimum absolute atomic E-state index is 0.155. The summed E-state index contributed by atoms with van der Waals surface area (Å²) in [6.45, 7) is 2.29. The van der Waals surface area contributed by atoms with Crippen molar-refractivity contribution in [3.8, 4) is 0 Å². The van der Waals surface area contributed by atoms with E-state index in [2.05, 4.69) is 24.0 Å². The fraction of sp³-hybridized carbons (Fsp3) is 0.562. The Bertz CT molecular complexity index is 455. The molecule has 0 radical (unpaired) electrons. The molecule has 4 nitrogen and oxygen atoms in total. The maximum Gasteiger partial charge on any atom is 0.170 e. The number of rotatable bonds is 4. The second-order valence-electron chi connectivity index (χ2n) is 5.74. The first-order valence-corrected chi connectivity index (χ1v) is 7.46. The minimum atomic E-state index is 0.155. The van der Waals surface area contributed by atoms with Crippen molar-refractivity contribution in [2.75, 3.05) is 11.9 Å². The van der Waals surface area contributed by atoms with Gasteiger partial charge in [0.05, 0.1) is 0 Å². The molecule has 1 aliphatic carbocycles. The van der Waals surface area contributed by atoms with Crippen LogP contribution in [-0.4, -0.2) is 24.1 Å². The molecule has 1 fully saturated rings. The first kappa shape index (κ1) is 14.7. The smallest absolute Gasteiger partial charge is 0.170 e. The Kier molecular flexibility index (Phi) is 4.88. The molecule has 2 unspecified atom stereocenters. The van der Waals surface area contributed by atoms with Crippen molar-refractivity contribution in [3.63, 3.8) is 0 Å². The number of hydrogen-bond acceptors (Lipinski definition) is 3. The third-order valence-corrected chi connectivity index (χ3v) is 4.56. The fourth-order valence-electron chi connectivity index (χ4n) is 3.12. The van der Waals surface area contributed by atoms with E-state index < -0.39 is 0 Å². The van der Waals surface area contributed by atoms with Gasteiger partial charge in [-0.05, 0) is 43.0 Å². The van der Waals surface area contributed by atoms with Gasteiger partial charge >= 0.3 is 0 Å². The topological polar surface area (TPSA) is 61.8 Å². The van der Waals surface area contributed by atoms with Crippen LogP contribution in [0, 0.1) is 5.92 Å². The van der Waals surface area contributed by atoms with E-state index in [4.69, 9.17) is 10.9 Å². The van der Waals surface area contributed by atoms with Crippen molar-refractivity contribution in [1.82, 2.24) is 0 Å². The zero-order chi connectivity index (χ0) is 14.5. The summed E-state index contributed by atoms with van der Waals surface area (Å²) in [5.74, 6) is 1.02. The largest absolute Gasteiger partial charge is 0.409 e. The molecule has 20 heavy (non-hydrogen) atoms. The number of anilines is 1. The van der Waals surface area contributed by atoms with Crippen molar-refractivity contribution < 1.29 is 5.21 Å². The molecule has 2 rings (SSSR count). The Morgan fingerprint density at radius 1 is 1.35 bits per heavy atom. The zero-order valence-electron chi connectivity index (χ0n) is 12.4. The number of nitrogens with zero attached hydrogens (tertiary/aromatic N) is 2. The lowest BCUT2D eigenvalue weighted by Crippen LogP contribution is -2.36. The highest BCUT2D eigenvalue weighted by molar-refractivity contribution is 5.97. The van der Waals surface area contributed by atoms with Gasteiger partial charge in [0, 0.05) is 24.3 Å². The molecule has 1 saturated carbocycles. The molecule has 0 saturated heterocycles. The highest BCUT2D eigenvalue weighted by atomic mass is 16.4. The van der Waals surface area contributed by atoms with Crippen molar-refractivity contribution in [2.45, 2.75) is 45.1 Å². The molecular weight excluding hydrogens is 250 g/mol. The number of benzene rings is 1. The molecular formula is C16H25N3O. The van der Waals surface area contributed by atoms with Gasteiger partial charge in [0.2, 0.25) is 0 Å². The quantitative estimate of drug-likeness (QED) is 0.384. The Balaban J connectivity index is 2.07. The van der Waals surface area contributed by atoms with Crippen molar-refractivity contribution in [1.29, 1.82) is 0 Å². The summed E-state index contributed by atoms with van der Waals surface area (Å²) in [6, 6.07) is 8.52. The predicted octanol–water partition coefficient (Wildman–Crippen LogP) is 3.19. The lowest BCUT2D eigenvalue weighted by Gasteiger charge is -2.36. The maximum atomic E-state index is 8.68. The van der Waals surface area contributed by atoms with Crippen LogP contribution in [0.25, 0.3) is 0 Å². The first-order valence-electron chi connectivity index (χ1n) is 7.46. The molecule has 1 aromatic rings. The van der Waals surface area contributed by atoms with Crippen molar-refractivity contribution >= 4 is 11.5 Å². The second kappa shape index (κ2) is 6.64. The van der Waals surface area contributed by atoms with E-state index in [-0.39, 0.29) is 5.84 Å². The summed E-state index contributed by atoms with van der Waals surface area (Å²) in [6.07, 6.45) is 6.55. The van der Waals surface area contributed by atoms with Crippen LogP contribution < -0.4 is 10.6 Å². The van der Waals surface area contributed by atoms with E-state index in [1.807, 2.05) is 24.3 Å². The van der Waals surface area contributed by atoms with Gasteiger partial charge in [0.1, 0.15) is 0 Å². The molecule has 0 heterocycles. The van der Waals surface area contributed by atoms with Gasteiger partial charge in [-0.15, -0.1) is 0 Å². The average Bonchev–Trinajstić information content (AvgIpc) is 2.53. The Labute approximate surface area is 121 Å². The van der Waals surface area contributed by atoms with Gasteiger partial charge in [-0.3, -0.25) is 0 Å². The number of nitrogens with two attached hydrogens (primary N) is 1. The SMILES string of the molecule is CCC1CCCC(N(C)c2ccc(C(N)=NO)cc2)C1. The van der Waals surface area contributed by atoms with Crippen molar-refractivity contribution in [2.24, 2.45) is 16.8 Å². The average molecular weight is 275 g/mol. The third-order valence-electron chi connectivity index (χ3n) is 4.56. The molecule has 4 heteroatoms. The van der Waals surface area contributed by atoms with E-state index in [1.165, 1.54) is 37.8 Å². The summed E-state index contributed by atoms with van der Waals surface area (Å²) >= 11 is 0. The molecule has 0 amide bonds. The highest BCUT2D eigenvalue weighted by Gasteiger charge is 2.24. The van der Waals surface area contributed by atoms with Gasteiger partial charge in [-0.1, -0.05) is 31.3 Å². The lowest BCUT2D eigenvalue weighted by atomic mass is 9.83. The van der Waals surface area contributed by atoms with Gasteiger partial charge in [0.25, 0.3) is 0 Å². The summed E-state index contributed by atoms with van der Waals surface area (Å²) in [5.41, 5.74) is 7.53. The van der Waals surface area contributed by atoms with E-state index >= 15 is 0 Å². The van der Waals surface area contributed by atoms with Crippen molar-refractivity contribution in [3.05, 3.63) is 29.8 Å². The molecule has 0 aliphatic heterocycles. The standard InChI is InChI=1S/C16H25N3O/c1-3-12-5-4-6-15(11-12)19(2)14-9-7-13(8-10-14)16(17)18-20/h7-10,12,15,20H,3-6,11H2,1-2H3,(H2,17,18). The molecule has 1 aliphatic rings. The number of amidine groups is 1. The molecule has 110 valence electrons. The summed E-state index contributed by atoms with van der Waals surface area (Å²) in [7, 11) is 2.17. The summed E-state index contributed by atoms with van der Waals surface area (Å²) in [5, 5.41) is 11.7. The van der Waals surface area contributed by atoms with Gasteiger partial charge in [-0.25, -0.2) is 0 Å². The zero-order valence-corrected chi connectivity index (χ0v) is 12.4. The van der Waals surface area contributed by atoms with Gasteiger partial charge < -0.3 is 15.8 Å². The van der Waals surface area contributed by atoms with Crippen LogP contribution in [0.2, 0.25) is 0 Å². The molecule has 0 aromatic heterocycles. The maximum absolute atomic E-state index is 8.68. The van der Waals surface area contributed by atoms with Gasteiger partial charge in [0.15, 0.2) is 5.84 Å². The van der Waals surface area contributed by atoms with Crippen LogP contribution in [0.5, 0.6) is 0 Å². The van der Waals surface area contributed by atoms with Crippen LogP contribution in [0.15, 0.2) is 29.4 Å². The number of oxime groups is 1. The highest BCUT2D eigenvalue weighted by Crippen LogP contribution is 2.31. The van der Waals surface area contributed by atoms with E-state index in [0.717, 1.165) is 11.5 Å². The Hall–Kier alpha value is -1.71. The van der Waals surface area contributed by atoms with Crippen LogP contribution in [0.1, 0.15) is 44.6 Å². The summed E-state index contributed by atoms with van der Waals surface area (Å²) < 4.78 is 0. The van der Waals surface area contributed by atoms with Crippen LogP contribution >= 0.6 is 0 Å². The van der Waals surface area contributed by atoms with E-state index in [1.54, 1.807) is 0 Å². The molecule has 2 atom stereocenters. The monoisotopic (exact) mass is 275 g/mol. The van der Waals surface area contributed by atoms with E-state index in [0.29, 0.717) is 6.04 Å². The second-order valence-corrected chi connectivity index (χ2v) is 5.74. The Morgan fingerprint density at radius 3 is 2.65 bits per heavy atom. The number of hydrogen-bond donors (Lipinski definition) is 2. The first-order chi connectivity index (χ1) is 9.65. The fourth-order valence-corrected chi connectivity index (χ4v) is 3.12. The Morgan fingerprint density at radius 2 is 2.05 bits per heavy atom. The molecule has 0 spiro atoms. The third kappa shape index (κ3) is 3.24. The van der Waals surface area contributed by atoms with Crippen LogP contribution in [0.4, 0.5) is 5.69 Å². The van der Waals surface area contributed by atoms with Crippen LogP contribution in [0.3, 0.4) is 0 Å². The summed E-state index contributed by atoms with van der Waals surface area (Å²) in [4.78, 5) is 2.37. The minimum Gasteiger partial charge on any atom is -0.409 e. The van der Waals surface area contributed by atoms with E-state index in [9.17, 15) is 0 Å². The molecule has 3 N–H and O–H groups in total. The lowest BCUT2D eigenvalue weighted by molar-refractivity contribution is 0.309. The molecule has 1 aromatic carbocycles. The normalized spacial score (nSPS) is 23.6.